The number of aromatic nitrogens is 1. The lowest BCUT2D eigenvalue weighted by atomic mass is 9.85. The van der Waals surface area contributed by atoms with Gasteiger partial charge in [-0.1, -0.05) is 37.3 Å². The van der Waals surface area contributed by atoms with E-state index < -0.39 is 10.0 Å². The van der Waals surface area contributed by atoms with Crippen molar-refractivity contribution in [2.75, 3.05) is 33.2 Å². The maximum Gasteiger partial charge on any atom is 0.220 e. The molecule has 3 fully saturated rings. The van der Waals surface area contributed by atoms with Crippen LogP contribution in [0.4, 0.5) is 0 Å². The summed E-state index contributed by atoms with van der Waals surface area (Å²) in [6.07, 6.45) is 9.56. The Morgan fingerprint density at radius 1 is 1.24 bits per heavy atom. The smallest absolute Gasteiger partial charge is 0.220 e. The number of nitrogens with zero attached hydrogens (tertiary/aromatic N) is 4. The molecule has 1 aliphatic heterocycles. The zero-order valence-corrected chi connectivity index (χ0v) is 20.1. The summed E-state index contributed by atoms with van der Waals surface area (Å²) in [5, 5.41) is 7.35. The second-order valence-corrected chi connectivity index (χ2v) is 10.2. The fourth-order valence-corrected chi connectivity index (χ4v) is 6.12. The minimum absolute atomic E-state index is 0. The van der Waals surface area contributed by atoms with Gasteiger partial charge >= 0.3 is 0 Å². The number of guanidine groups is 1. The molecule has 2 heterocycles. The van der Waals surface area contributed by atoms with Gasteiger partial charge in [0.1, 0.15) is 12.0 Å². The van der Waals surface area contributed by atoms with E-state index in [2.05, 4.69) is 20.4 Å². The molecule has 2 saturated carbocycles. The Labute approximate surface area is 190 Å². The maximum atomic E-state index is 12.6. The number of hydrogen-bond donors (Lipinski definition) is 1. The normalized spacial score (nSPS) is 26.8. The highest BCUT2D eigenvalue weighted by Crippen LogP contribution is 2.44. The van der Waals surface area contributed by atoms with Crippen LogP contribution in [0.15, 0.2) is 21.8 Å². The minimum Gasteiger partial charge on any atom is -0.364 e. The zero-order valence-electron chi connectivity index (χ0n) is 17.0. The quantitative estimate of drug-likeness (QED) is 0.352. The van der Waals surface area contributed by atoms with Crippen LogP contribution in [0.25, 0.3) is 0 Å². The molecule has 0 radical (unpaired) electrons. The lowest BCUT2D eigenvalue weighted by Gasteiger charge is -2.36. The van der Waals surface area contributed by atoms with Gasteiger partial charge in [0.25, 0.3) is 0 Å². The highest BCUT2D eigenvalue weighted by Gasteiger charge is 2.44. The first-order chi connectivity index (χ1) is 13.6. The van der Waals surface area contributed by atoms with Crippen molar-refractivity contribution in [3.63, 3.8) is 0 Å². The van der Waals surface area contributed by atoms with Crippen molar-refractivity contribution in [3.8, 4) is 0 Å². The summed E-state index contributed by atoms with van der Waals surface area (Å²) in [6, 6.07) is 2.13. The Bertz CT molecular complexity index is 772. The van der Waals surface area contributed by atoms with Crippen LogP contribution in [0.3, 0.4) is 0 Å². The van der Waals surface area contributed by atoms with Crippen LogP contribution in [0.5, 0.6) is 0 Å². The summed E-state index contributed by atoms with van der Waals surface area (Å²) in [5.41, 5.74) is 0.447. The second kappa shape index (κ2) is 9.95. The Kier molecular flexibility index (Phi) is 7.82. The Hall–Kier alpha value is -0.880. The number of halogens is 1. The van der Waals surface area contributed by atoms with E-state index in [0.717, 1.165) is 17.8 Å². The molecule has 29 heavy (non-hydrogen) atoms. The molecule has 1 aromatic rings. The SMILES string of the molecule is CN=C(NC1CC1C1CCCCC1)N1CCN(S(=O)(=O)Cc2ccon2)CC1.I. The highest BCUT2D eigenvalue weighted by molar-refractivity contribution is 14.0. The molecule has 3 aliphatic rings. The summed E-state index contributed by atoms with van der Waals surface area (Å²) >= 11 is 0. The predicted molar refractivity (Wildman–Crippen MR) is 123 cm³/mol. The molecule has 0 aromatic carbocycles. The number of rotatable bonds is 5. The summed E-state index contributed by atoms with van der Waals surface area (Å²) in [7, 11) is -1.56. The van der Waals surface area contributed by atoms with Crippen molar-refractivity contribution in [1.82, 2.24) is 19.7 Å². The van der Waals surface area contributed by atoms with Crippen molar-refractivity contribution in [2.24, 2.45) is 16.8 Å². The van der Waals surface area contributed by atoms with Crippen LogP contribution in [0.2, 0.25) is 0 Å². The third-order valence-electron chi connectivity index (χ3n) is 6.37. The molecule has 1 N–H and O–H groups in total. The maximum absolute atomic E-state index is 12.6. The number of sulfonamides is 1. The average molecular weight is 537 g/mol. The van der Waals surface area contributed by atoms with Crippen LogP contribution in [0.1, 0.15) is 44.2 Å². The Morgan fingerprint density at radius 3 is 2.59 bits per heavy atom. The molecule has 0 bridgehead atoms. The minimum atomic E-state index is -3.37. The second-order valence-electron chi connectivity index (χ2n) is 8.23. The van der Waals surface area contributed by atoms with Gasteiger partial charge < -0.3 is 14.7 Å². The van der Waals surface area contributed by atoms with Gasteiger partial charge in [0.2, 0.25) is 10.0 Å². The summed E-state index contributed by atoms with van der Waals surface area (Å²) in [5.74, 6) is 2.47. The van der Waals surface area contributed by atoms with Gasteiger partial charge in [0.15, 0.2) is 5.96 Å². The van der Waals surface area contributed by atoms with Gasteiger partial charge in [-0.2, -0.15) is 4.31 Å². The first-order valence-corrected chi connectivity index (χ1v) is 12.0. The monoisotopic (exact) mass is 537 g/mol. The number of hydrogen-bond acceptors (Lipinski definition) is 5. The molecule has 164 valence electrons. The fraction of sp³-hybridized carbons (Fsp3) is 0.789. The first-order valence-electron chi connectivity index (χ1n) is 10.4. The zero-order chi connectivity index (χ0) is 19.6. The molecule has 0 amide bonds. The van der Waals surface area contributed by atoms with Crippen LogP contribution >= 0.6 is 24.0 Å². The van der Waals surface area contributed by atoms with Crippen molar-refractivity contribution in [3.05, 3.63) is 18.0 Å². The van der Waals surface area contributed by atoms with Crippen LogP contribution in [0, 0.1) is 11.8 Å². The molecule has 1 saturated heterocycles. The molecular formula is C19H32IN5O3S. The van der Waals surface area contributed by atoms with Crippen molar-refractivity contribution in [2.45, 2.75) is 50.3 Å². The lowest BCUT2D eigenvalue weighted by molar-refractivity contribution is 0.258. The molecule has 2 aliphatic carbocycles. The molecule has 0 spiro atoms. The molecule has 2 unspecified atom stereocenters. The molecule has 1 aromatic heterocycles. The Morgan fingerprint density at radius 2 is 1.97 bits per heavy atom. The van der Waals surface area contributed by atoms with Gasteiger partial charge in [-0.3, -0.25) is 4.99 Å². The van der Waals surface area contributed by atoms with Crippen molar-refractivity contribution < 1.29 is 12.9 Å². The fourth-order valence-electron chi connectivity index (χ4n) is 4.70. The van der Waals surface area contributed by atoms with Gasteiger partial charge in [0, 0.05) is 45.3 Å². The van der Waals surface area contributed by atoms with Crippen LogP contribution in [-0.2, 0) is 15.8 Å². The van der Waals surface area contributed by atoms with E-state index in [1.54, 1.807) is 10.4 Å². The van der Waals surface area contributed by atoms with Gasteiger partial charge in [-0.25, -0.2) is 8.42 Å². The van der Waals surface area contributed by atoms with E-state index in [-0.39, 0.29) is 29.7 Å². The third-order valence-corrected chi connectivity index (χ3v) is 8.19. The Balaban J connectivity index is 0.00000240. The van der Waals surface area contributed by atoms with E-state index in [4.69, 9.17) is 4.52 Å². The summed E-state index contributed by atoms with van der Waals surface area (Å²) in [6.45, 7) is 2.24. The van der Waals surface area contributed by atoms with E-state index in [0.29, 0.717) is 37.9 Å². The standard InChI is InChI=1S/C19H31N5O3S.HI/c1-20-19(21-18-13-17(18)15-5-3-2-4-6-15)23-8-10-24(11-9-23)28(25,26)14-16-7-12-27-22-16;/h7,12,15,17-18H,2-6,8-11,13-14H2,1H3,(H,20,21);1H. The lowest BCUT2D eigenvalue weighted by Crippen LogP contribution is -2.54. The third kappa shape index (κ3) is 5.63. The topological polar surface area (TPSA) is 91.0 Å². The first kappa shape index (κ1) is 22.8. The van der Waals surface area contributed by atoms with E-state index in [1.807, 2.05) is 7.05 Å². The van der Waals surface area contributed by atoms with Gasteiger partial charge in [-0.05, 0) is 18.3 Å². The number of piperazine rings is 1. The molecule has 2 atom stereocenters. The number of nitrogens with one attached hydrogen (secondary N) is 1. The van der Waals surface area contributed by atoms with E-state index in [9.17, 15) is 8.42 Å². The van der Waals surface area contributed by atoms with Crippen LogP contribution < -0.4 is 5.32 Å². The van der Waals surface area contributed by atoms with E-state index >= 15 is 0 Å². The predicted octanol–water partition coefficient (Wildman–Crippen LogP) is 2.28. The highest BCUT2D eigenvalue weighted by atomic mass is 127. The average Bonchev–Trinajstić information content (AvgIpc) is 3.31. The van der Waals surface area contributed by atoms with Crippen LogP contribution in [-0.4, -0.2) is 68.0 Å². The van der Waals surface area contributed by atoms with Crippen molar-refractivity contribution in [1.29, 1.82) is 0 Å². The molecular weight excluding hydrogens is 505 g/mol. The van der Waals surface area contributed by atoms with E-state index in [1.165, 1.54) is 44.8 Å². The molecule has 10 heteroatoms. The summed E-state index contributed by atoms with van der Waals surface area (Å²) in [4.78, 5) is 6.64. The van der Waals surface area contributed by atoms with Crippen molar-refractivity contribution >= 4 is 40.0 Å². The van der Waals surface area contributed by atoms with Gasteiger partial charge in [0.05, 0.1) is 5.69 Å². The number of aliphatic imine (C=N–C) groups is 1. The summed E-state index contributed by atoms with van der Waals surface area (Å²) < 4.78 is 31.5. The molecule has 8 nitrogen and oxygen atoms in total. The van der Waals surface area contributed by atoms with Gasteiger partial charge in [-0.15, -0.1) is 24.0 Å². The largest absolute Gasteiger partial charge is 0.364 e. The molecule has 4 rings (SSSR count).